The monoisotopic (exact) mass is 515 g/mol. The topological polar surface area (TPSA) is 126 Å². The van der Waals surface area contributed by atoms with Crippen molar-refractivity contribution >= 4 is 17.8 Å². The van der Waals surface area contributed by atoms with Crippen LogP contribution >= 0.6 is 0 Å². The summed E-state index contributed by atoms with van der Waals surface area (Å²) < 4.78 is 6.77. The van der Waals surface area contributed by atoms with Gasteiger partial charge in [0.25, 0.3) is 5.56 Å². The Balaban J connectivity index is 1.50. The minimum Gasteiger partial charge on any atom is -0.444 e. The van der Waals surface area contributed by atoms with Crippen LogP contribution in [-0.2, 0) is 34.5 Å². The molecule has 0 saturated heterocycles. The van der Waals surface area contributed by atoms with E-state index in [1.54, 1.807) is 62.7 Å². The number of benzene rings is 2. The summed E-state index contributed by atoms with van der Waals surface area (Å²) in [4.78, 5) is 43.4. The van der Waals surface area contributed by atoms with E-state index < -0.39 is 17.2 Å². The molecule has 2 aromatic carbocycles. The standard InChI is InChI=1S/C29H33N5O4/c1-19-17-31-23-14-15-29(34(23)25(19)35,16-20-8-6-5-7-9-20)26(36)32-18-21-10-12-22(13-11-21)24(30)33-27(37)38-28(2,3)4/h5-13,17H,14-16,18H2,1-4H3,(H,32,36)(H2,30,33,37). The summed E-state index contributed by atoms with van der Waals surface area (Å²) >= 11 is 0. The lowest BCUT2D eigenvalue weighted by atomic mass is 9.87. The predicted octanol–water partition coefficient (Wildman–Crippen LogP) is 3.60. The highest BCUT2D eigenvalue weighted by atomic mass is 16.6. The Morgan fingerprint density at radius 2 is 1.76 bits per heavy atom. The first kappa shape index (κ1) is 26.8. The maximum Gasteiger partial charge on any atom is 0.413 e. The predicted molar refractivity (Wildman–Crippen MR) is 144 cm³/mol. The smallest absolute Gasteiger partial charge is 0.413 e. The quantitative estimate of drug-likeness (QED) is 0.342. The van der Waals surface area contributed by atoms with Crippen molar-refractivity contribution < 1.29 is 14.3 Å². The molecule has 3 N–H and O–H groups in total. The molecule has 9 nitrogen and oxygen atoms in total. The summed E-state index contributed by atoms with van der Waals surface area (Å²) in [5.41, 5.74) is 0.845. The summed E-state index contributed by atoms with van der Waals surface area (Å²) in [6.45, 7) is 7.21. The van der Waals surface area contributed by atoms with Crippen LogP contribution in [-0.4, -0.2) is 33.0 Å². The lowest BCUT2D eigenvalue weighted by Gasteiger charge is -2.31. The second-order valence-corrected chi connectivity index (χ2v) is 10.6. The van der Waals surface area contributed by atoms with Gasteiger partial charge in [0.05, 0.1) is 0 Å². The zero-order valence-corrected chi connectivity index (χ0v) is 22.1. The van der Waals surface area contributed by atoms with Gasteiger partial charge < -0.3 is 10.1 Å². The van der Waals surface area contributed by atoms with E-state index in [9.17, 15) is 14.4 Å². The Morgan fingerprint density at radius 3 is 2.42 bits per heavy atom. The Morgan fingerprint density at radius 1 is 1.08 bits per heavy atom. The number of rotatable bonds is 6. The molecule has 2 amide bonds. The van der Waals surface area contributed by atoms with Crippen molar-refractivity contribution in [3.8, 4) is 0 Å². The van der Waals surface area contributed by atoms with Gasteiger partial charge in [0.15, 0.2) is 0 Å². The summed E-state index contributed by atoms with van der Waals surface area (Å²) in [5.74, 6) is 0.298. The lowest BCUT2D eigenvalue weighted by molar-refractivity contribution is -0.130. The van der Waals surface area contributed by atoms with Gasteiger partial charge in [-0.3, -0.25) is 24.9 Å². The molecular weight excluding hydrogens is 482 g/mol. The Labute approximate surface area is 221 Å². The molecule has 0 spiro atoms. The molecule has 0 saturated carbocycles. The van der Waals surface area contributed by atoms with Crippen LogP contribution in [0.2, 0.25) is 0 Å². The van der Waals surface area contributed by atoms with E-state index in [1.807, 2.05) is 30.3 Å². The molecule has 0 bridgehead atoms. The van der Waals surface area contributed by atoms with Crippen LogP contribution in [0.15, 0.2) is 65.6 Å². The Hall–Kier alpha value is -4.27. The maximum absolute atomic E-state index is 13.8. The van der Waals surface area contributed by atoms with Gasteiger partial charge in [-0.1, -0.05) is 54.6 Å². The van der Waals surface area contributed by atoms with E-state index in [2.05, 4.69) is 15.6 Å². The zero-order valence-electron chi connectivity index (χ0n) is 22.1. The third-order valence-corrected chi connectivity index (χ3v) is 6.48. The van der Waals surface area contributed by atoms with E-state index in [0.717, 1.165) is 11.1 Å². The van der Waals surface area contributed by atoms with Gasteiger partial charge in [-0.2, -0.15) is 0 Å². The number of fused-ring (bicyclic) bond motifs is 1. The molecule has 9 heteroatoms. The summed E-state index contributed by atoms with van der Waals surface area (Å²) in [5, 5.41) is 13.6. The average Bonchev–Trinajstić information content (AvgIpc) is 3.24. The number of alkyl carbamates (subject to hydrolysis) is 1. The van der Waals surface area contributed by atoms with E-state index in [0.29, 0.717) is 36.2 Å². The van der Waals surface area contributed by atoms with Gasteiger partial charge in [0.1, 0.15) is 22.8 Å². The molecule has 1 atom stereocenters. The molecule has 198 valence electrons. The van der Waals surface area contributed by atoms with E-state index >= 15 is 0 Å². The molecule has 1 unspecified atom stereocenters. The van der Waals surface area contributed by atoms with Crippen LogP contribution in [0.4, 0.5) is 4.79 Å². The second-order valence-electron chi connectivity index (χ2n) is 10.6. The van der Waals surface area contributed by atoms with Crippen molar-refractivity contribution in [2.75, 3.05) is 0 Å². The fourth-order valence-corrected chi connectivity index (χ4v) is 4.64. The van der Waals surface area contributed by atoms with Gasteiger partial charge in [-0.25, -0.2) is 9.78 Å². The fourth-order valence-electron chi connectivity index (χ4n) is 4.64. The van der Waals surface area contributed by atoms with Crippen LogP contribution in [0.1, 0.15) is 55.3 Å². The third kappa shape index (κ3) is 5.82. The molecular formula is C29H33N5O4. The number of aryl methyl sites for hydroxylation is 2. The number of amidine groups is 1. The second kappa shape index (κ2) is 10.6. The highest BCUT2D eigenvalue weighted by molar-refractivity contribution is 6.04. The number of nitrogens with one attached hydrogen (secondary N) is 3. The van der Waals surface area contributed by atoms with Crippen LogP contribution < -0.4 is 16.2 Å². The summed E-state index contributed by atoms with van der Waals surface area (Å²) in [6.07, 6.45) is 2.27. The zero-order chi connectivity index (χ0) is 27.5. The molecule has 2 heterocycles. The maximum atomic E-state index is 13.8. The normalized spacial score (nSPS) is 16.4. The summed E-state index contributed by atoms with van der Waals surface area (Å²) in [7, 11) is 0. The van der Waals surface area contributed by atoms with Crippen LogP contribution in [0.3, 0.4) is 0 Å². The average molecular weight is 516 g/mol. The molecule has 3 aromatic rings. The van der Waals surface area contributed by atoms with E-state index in [1.165, 1.54) is 0 Å². The number of ether oxygens (including phenoxy) is 1. The minimum atomic E-state index is -1.08. The first-order chi connectivity index (χ1) is 18.0. The van der Waals surface area contributed by atoms with Gasteiger partial charge in [0.2, 0.25) is 5.91 Å². The highest BCUT2D eigenvalue weighted by Gasteiger charge is 2.46. The summed E-state index contributed by atoms with van der Waals surface area (Å²) in [6, 6.07) is 16.6. The molecule has 38 heavy (non-hydrogen) atoms. The van der Waals surface area contributed by atoms with Crippen molar-refractivity contribution in [2.45, 2.75) is 64.6 Å². The van der Waals surface area contributed by atoms with Gasteiger partial charge in [-0.05, 0) is 45.2 Å². The van der Waals surface area contributed by atoms with Crippen molar-refractivity contribution in [3.05, 3.63) is 99.2 Å². The molecule has 0 aliphatic carbocycles. The number of hydrogen-bond acceptors (Lipinski definition) is 6. The Bertz CT molecular complexity index is 1410. The molecule has 1 aliphatic heterocycles. The number of carbonyl (C=O) groups is 2. The SMILES string of the molecule is Cc1cnc2n(c1=O)C(Cc1ccccc1)(C(=O)NCc1ccc(C(=N)NC(=O)OC(C)(C)C)cc1)CC2. The van der Waals surface area contributed by atoms with Crippen molar-refractivity contribution in [1.29, 1.82) is 5.41 Å². The van der Waals surface area contributed by atoms with E-state index in [-0.39, 0.29) is 23.8 Å². The van der Waals surface area contributed by atoms with Crippen LogP contribution in [0.5, 0.6) is 0 Å². The van der Waals surface area contributed by atoms with E-state index in [4.69, 9.17) is 10.1 Å². The first-order valence-corrected chi connectivity index (χ1v) is 12.6. The minimum absolute atomic E-state index is 0.0820. The lowest BCUT2D eigenvalue weighted by Crippen LogP contribution is -2.52. The van der Waals surface area contributed by atoms with Gasteiger partial charge in [-0.15, -0.1) is 0 Å². The first-order valence-electron chi connectivity index (χ1n) is 12.6. The molecule has 1 aromatic heterocycles. The number of nitrogens with zero attached hydrogens (tertiary/aromatic N) is 2. The number of amides is 2. The molecule has 1 aliphatic rings. The number of hydrogen-bond donors (Lipinski definition) is 3. The fraction of sp³-hybridized carbons (Fsp3) is 0.345. The van der Waals surface area contributed by atoms with Crippen LogP contribution in [0, 0.1) is 12.3 Å². The van der Waals surface area contributed by atoms with Crippen molar-refractivity contribution in [1.82, 2.24) is 20.2 Å². The largest absolute Gasteiger partial charge is 0.444 e. The van der Waals surface area contributed by atoms with Gasteiger partial charge in [0, 0.05) is 36.7 Å². The van der Waals surface area contributed by atoms with Crippen LogP contribution in [0.25, 0.3) is 0 Å². The molecule has 4 rings (SSSR count). The highest BCUT2D eigenvalue weighted by Crippen LogP contribution is 2.34. The number of carbonyl (C=O) groups excluding carboxylic acids is 2. The van der Waals surface area contributed by atoms with Crippen molar-refractivity contribution in [2.24, 2.45) is 0 Å². The molecule has 0 fully saturated rings. The van der Waals surface area contributed by atoms with Crippen molar-refractivity contribution in [3.63, 3.8) is 0 Å². The number of aromatic nitrogens is 2. The molecule has 0 radical (unpaired) electrons. The third-order valence-electron chi connectivity index (χ3n) is 6.48. The Kier molecular flexibility index (Phi) is 7.48. The van der Waals surface area contributed by atoms with Gasteiger partial charge >= 0.3 is 6.09 Å².